The maximum atomic E-state index is 13.1. The molecule has 1 saturated heterocycles. The first-order valence-corrected chi connectivity index (χ1v) is 10.4. The molecule has 1 aromatic carbocycles. The molecule has 0 radical (unpaired) electrons. The monoisotopic (exact) mass is 422 g/mol. The van der Waals surface area contributed by atoms with Gasteiger partial charge in [-0.1, -0.05) is 0 Å². The van der Waals surface area contributed by atoms with E-state index in [1.54, 1.807) is 34.0 Å². The van der Waals surface area contributed by atoms with Gasteiger partial charge in [0.15, 0.2) is 6.10 Å². The van der Waals surface area contributed by atoms with Crippen LogP contribution < -0.4 is 5.32 Å². The summed E-state index contributed by atoms with van der Waals surface area (Å²) in [4.78, 5) is 36.5. The van der Waals surface area contributed by atoms with Crippen molar-refractivity contribution in [2.24, 2.45) is 0 Å². The molecule has 4 rings (SSSR count). The van der Waals surface area contributed by atoms with Crippen molar-refractivity contribution in [2.45, 2.75) is 40.3 Å². The number of aryl methyl sites for hydroxylation is 4. The average Bonchev–Trinajstić information content (AvgIpc) is 3.13. The number of carbonyl (C=O) groups is 2. The molecular weight excluding hydrogens is 396 g/mol. The van der Waals surface area contributed by atoms with E-state index in [4.69, 9.17) is 4.74 Å². The number of carbonyl (C=O) groups excluding carboxylic acids is 2. The molecule has 1 unspecified atom stereocenters. The van der Waals surface area contributed by atoms with Crippen molar-refractivity contribution in [3.8, 4) is 0 Å². The average molecular weight is 422 g/mol. The van der Waals surface area contributed by atoms with E-state index >= 15 is 0 Å². The summed E-state index contributed by atoms with van der Waals surface area (Å²) >= 11 is 0. The highest BCUT2D eigenvalue weighted by atomic mass is 16.5. The molecule has 0 bridgehead atoms. The third-order valence-electron chi connectivity index (χ3n) is 5.50. The minimum Gasteiger partial charge on any atom is -0.365 e. The van der Waals surface area contributed by atoms with Gasteiger partial charge in [-0.15, -0.1) is 0 Å². The van der Waals surface area contributed by atoms with Gasteiger partial charge < -0.3 is 15.0 Å². The Morgan fingerprint density at radius 1 is 1.13 bits per heavy atom. The van der Waals surface area contributed by atoms with E-state index in [2.05, 4.69) is 20.4 Å². The van der Waals surface area contributed by atoms with E-state index < -0.39 is 6.10 Å². The Morgan fingerprint density at radius 2 is 1.87 bits per heavy atom. The Labute approximate surface area is 180 Å². The molecule has 1 aliphatic rings. The predicted molar refractivity (Wildman–Crippen MR) is 116 cm³/mol. The standard InChI is InChI=1S/C22H26N6O3/c1-5-28-11-19(15(4)26-28)25-21(29)20-12-27(8-9-31-20)22(30)16-6-7-17-18(10-16)24-14(3)13(2)23-17/h6-7,10-11,20H,5,8-9,12H2,1-4H3,(H,25,29). The normalized spacial score (nSPS) is 16.5. The Bertz CT molecular complexity index is 1160. The minimum absolute atomic E-state index is 0.155. The molecule has 1 atom stereocenters. The largest absolute Gasteiger partial charge is 0.365 e. The van der Waals surface area contributed by atoms with Crippen LogP contribution in [0.25, 0.3) is 11.0 Å². The Hall–Kier alpha value is -3.33. The molecule has 0 saturated carbocycles. The summed E-state index contributed by atoms with van der Waals surface area (Å²) < 4.78 is 7.40. The predicted octanol–water partition coefficient (Wildman–Crippen LogP) is 2.25. The molecule has 31 heavy (non-hydrogen) atoms. The van der Waals surface area contributed by atoms with Crippen molar-refractivity contribution >= 4 is 28.5 Å². The van der Waals surface area contributed by atoms with Crippen molar-refractivity contribution in [3.05, 3.63) is 47.0 Å². The van der Waals surface area contributed by atoms with Gasteiger partial charge in [-0.3, -0.25) is 14.3 Å². The summed E-state index contributed by atoms with van der Waals surface area (Å²) in [6, 6.07) is 5.31. The third-order valence-corrected chi connectivity index (χ3v) is 5.50. The second-order valence-corrected chi connectivity index (χ2v) is 7.68. The summed E-state index contributed by atoms with van der Waals surface area (Å²) in [6.45, 7) is 9.24. The second-order valence-electron chi connectivity index (χ2n) is 7.68. The molecule has 1 N–H and O–H groups in total. The third kappa shape index (κ3) is 4.27. The fourth-order valence-corrected chi connectivity index (χ4v) is 3.55. The Kier molecular flexibility index (Phi) is 5.69. The number of fused-ring (bicyclic) bond motifs is 1. The van der Waals surface area contributed by atoms with Gasteiger partial charge in [0, 0.05) is 24.8 Å². The van der Waals surface area contributed by atoms with Crippen molar-refractivity contribution in [1.29, 1.82) is 0 Å². The number of ether oxygens (including phenoxy) is 1. The molecule has 1 fully saturated rings. The van der Waals surface area contributed by atoms with Crippen molar-refractivity contribution in [3.63, 3.8) is 0 Å². The highest BCUT2D eigenvalue weighted by Gasteiger charge is 2.30. The summed E-state index contributed by atoms with van der Waals surface area (Å²) in [5.74, 6) is -0.440. The van der Waals surface area contributed by atoms with Crippen LogP contribution in [0.5, 0.6) is 0 Å². The van der Waals surface area contributed by atoms with Crippen LogP contribution in [0.2, 0.25) is 0 Å². The SMILES string of the molecule is CCn1cc(NC(=O)C2CN(C(=O)c3ccc4nc(C)c(C)nc4c3)CCO2)c(C)n1. The smallest absolute Gasteiger partial charge is 0.255 e. The Morgan fingerprint density at radius 3 is 2.58 bits per heavy atom. The van der Waals surface area contributed by atoms with E-state index in [1.807, 2.05) is 27.7 Å². The number of rotatable bonds is 4. The molecule has 9 nitrogen and oxygen atoms in total. The van der Waals surface area contributed by atoms with Crippen LogP contribution in [0, 0.1) is 20.8 Å². The van der Waals surface area contributed by atoms with Gasteiger partial charge in [-0.2, -0.15) is 5.10 Å². The lowest BCUT2D eigenvalue weighted by molar-refractivity contribution is -0.131. The molecule has 0 aliphatic carbocycles. The van der Waals surface area contributed by atoms with Crippen LogP contribution >= 0.6 is 0 Å². The van der Waals surface area contributed by atoms with Crippen molar-refractivity contribution in [1.82, 2.24) is 24.6 Å². The number of morpholine rings is 1. The topological polar surface area (TPSA) is 102 Å². The lowest BCUT2D eigenvalue weighted by atomic mass is 10.1. The number of hydrogen-bond donors (Lipinski definition) is 1. The first-order valence-electron chi connectivity index (χ1n) is 10.4. The van der Waals surface area contributed by atoms with Gasteiger partial charge in [-0.05, 0) is 45.9 Å². The van der Waals surface area contributed by atoms with Crippen LogP contribution in [0.3, 0.4) is 0 Å². The number of benzene rings is 1. The highest BCUT2D eigenvalue weighted by molar-refractivity contribution is 5.99. The molecule has 9 heteroatoms. The van der Waals surface area contributed by atoms with Gasteiger partial charge in [0.1, 0.15) is 0 Å². The van der Waals surface area contributed by atoms with E-state index in [-0.39, 0.29) is 18.4 Å². The zero-order valence-electron chi connectivity index (χ0n) is 18.2. The summed E-state index contributed by atoms with van der Waals surface area (Å²) in [6.07, 6.45) is 1.05. The van der Waals surface area contributed by atoms with Gasteiger partial charge in [0.05, 0.1) is 47.0 Å². The molecule has 2 amide bonds. The number of amides is 2. The molecule has 1 aliphatic heterocycles. The van der Waals surface area contributed by atoms with E-state index in [1.165, 1.54) is 0 Å². The van der Waals surface area contributed by atoms with Gasteiger partial charge in [0.2, 0.25) is 0 Å². The summed E-state index contributed by atoms with van der Waals surface area (Å²) in [7, 11) is 0. The minimum atomic E-state index is -0.743. The molecule has 3 aromatic rings. The fourth-order valence-electron chi connectivity index (χ4n) is 3.55. The molecule has 3 heterocycles. The summed E-state index contributed by atoms with van der Waals surface area (Å²) in [5.41, 5.74) is 5.04. The molecule has 2 aromatic heterocycles. The van der Waals surface area contributed by atoms with E-state index in [9.17, 15) is 9.59 Å². The van der Waals surface area contributed by atoms with Crippen LogP contribution in [0.15, 0.2) is 24.4 Å². The zero-order chi connectivity index (χ0) is 22.1. The number of nitrogens with one attached hydrogen (secondary N) is 1. The highest BCUT2D eigenvalue weighted by Crippen LogP contribution is 2.18. The lowest BCUT2D eigenvalue weighted by Crippen LogP contribution is -2.50. The van der Waals surface area contributed by atoms with Gasteiger partial charge in [-0.25, -0.2) is 9.97 Å². The van der Waals surface area contributed by atoms with Gasteiger partial charge in [0.25, 0.3) is 11.8 Å². The first-order chi connectivity index (χ1) is 14.9. The van der Waals surface area contributed by atoms with E-state index in [0.717, 1.165) is 22.6 Å². The number of nitrogens with zero attached hydrogens (tertiary/aromatic N) is 5. The second kappa shape index (κ2) is 8.43. The molecule has 162 valence electrons. The zero-order valence-corrected chi connectivity index (χ0v) is 18.2. The van der Waals surface area contributed by atoms with Crippen LogP contribution in [-0.2, 0) is 16.1 Å². The van der Waals surface area contributed by atoms with Crippen molar-refractivity contribution in [2.75, 3.05) is 25.0 Å². The number of anilines is 1. The number of aromatic nitrogens is 4. The van der Waals surface area contributed by atoms with Gasteiger partial charge >= 0.3 is 0 Å². The number of hydrogen-bond acceptors (Lipinski definition) is 6. The van der Waals surface area contributed by atoms with Crippen LogP contribution in [-0.4, -0.2) is 62.3 Å². The Balaban J connectivity index is 1.48. The van der Waals surface area contributed by atoms with E-state index in [0.29, 0.717) is 36.5 Å². The first kappa shape index (κ1) is 20.9. The van der Waals surface area contributed by atoms with Crippen molar-refractivity contribution < 1.29 is 14.3 Å². The maximum Gasteiger partial charge on any atom is 0.255 e. The van der Waals surface area contributed by atoms with Crippen LogP contribution in [0.4, 0.5) is 5.69 Å². The maximum absolute atomic E-state index is 13.1. The van der Waals surface area contributed by atoms with Crippen LogP contribution in [0.1, 0.15) is 34.4 Å². The summed E-state index contributed by atoms with van der Waals surface area (Å²) in [5, 5.41) is 7.20. The quantitative estimate of drug-likeness (QED) is 0.692. The molecule has 0 spiro atoms. The fraction of sp³-hybridized carbons (Fsp3) is 0.409. The molecular formula is C22H26N6O3. The lowest BCUT2D eigenvalue weighted by Gasteiger charge is -2.32.